The SMILES string of the molecule is N#Cc1cc(F)ccc1COc1ccc(Cl)c(C(=O)O)c1. The summed E-state index contributed by atoms with van der Waals surface area (Å²) in [7, 11) is 0. The number of hydrogen-bond donors (Lipinski definition) is 1. The first-order valence-electron chi connectivity index (χ1n) is 5.85. The van der Waals surface area contributed by atoms with Crippen LogP contribution in [-0.4, -0.2) is 11.1 Å². The molecule has 0 heterocycles. The van der Waals surface area contributed by atoms with Crippen LogP contribution < -0.4 is 4.74 Å². The fourth-order valence-corrected chi connectivity index (χ4v) is 1.90. The van der Waals surface area contributed by atoms with E-state index in [0.717, 1.165) is 6.07 Å². The fourth-order valence-electron chi connectivity index (χ4n) is 1.70. The van der Waals surface area contributed by atoms with Crippen LogP contribution in [0.25, 0.3) is 0 Å². The lowest BCUT2D eigenvalue weighted by molar-refractivity contribution is 0.0696. The van der Waals surface area contributed by atoms with E-state index in [2.05, 4.69) is 0 Å². The number of rotatable bonds is 4. The van der Waals surface area contributed by atoms with E-state index >= 15 is 0 Å². The van der Waals surface area contributed by atoms with Crippen molar-refractivity contribution in [1.82, 2.24) is 0 Å². The summed E-state index contributed by atoms with van der Waals surface area (Å²) >= 11 is 5.75. The third-order valence-electron chi connectivity index (χ3n) is 2.75. The second-order valence-corrected chi connectivity index (χ2v) is 4.56. The molecule has 0 aliphatic rings. The summed E-state index contributed by atoms with van der Waals surface area (Å²) in [4.78, 5) is 11.0. The average Bonchev–Trinajstić information content (AvgIpc) is 2.46. The molecule has 0 fully saturated rings. The summed E-state index contributed by atoms with van der Waals surface area (Å²) in [6.07, 6.45) is 0. The molecule has 2 aromatic rings. The van der Waals surface area contributed by atoms with Crippen LogP contribution in [0.3, 0.4) is 0 Å². The van der Waals surface area contributed by atoms with Crippen molar-refractivity contribution in [2.24, 2.45) is 0 Å². The summed E-state index contributed by atoms with van der Waals surface area (Å²) in [6, 6.07) is 9.89. The van der Waals surface area contributed by atoms with Gasteiger partial charge in [-0.15, -0.1) is 0 Å². The molecular weight excluding hydrogens is 297 g/mol. The Kier molecular flexibility index (Phi) is 4.41. The number of benzene rings is 2. The Balaban J connectivity index is 2.19. The number of halogens is 2. The second-order valence-electron chi connectivity index (χ2n) is 4.15. The van der Waals surface area contributed by atoms with Gasteiger partial charge in [0.1, 0.15) is 18.2 Å². The molecule has 2 aromatic carbocycles. The molecule has 0 aliphatic heterocycles. The number of carboxylic acid groups (broad SMARTS) is 1. The third-order valence-corrected chi connectivity index (χ3v) is 3.08. The molecule has 0 aliphatic carbocycles. The van der Waals surface area contributed by atoms with Gasteiger partial charge >= 0.3 is 5.97 Å². The van der Waals surface area contributed by atoms with Crippen LogP contribution >= 0.6 is 11.6 Å². The van der Waals surface area contributed by atoms with Crippen molar-refractivity contribution < 1.29 is 19.0 Å². The van der Waals surface area contributed by atoms with Crippen molar-refractivity contribution >= 4 is 17.6 Å². The monoisotopic (exact) mass is 305 g/mol. The Bertz CT molecular complexity index is 740. The van der Waals surface area contributed by atoms with Gasteiger partial charge in [-0.25, -0.2) is 9.18 Å². The number of carbonyl (C=O) groups is 1. The zero-order valence-corrected chi connectivity index (χ0v) is 11.4. The molecule has 0 atom stereocenters. The summed E-state index contributed by atoms with van der Waals surface area (Å²) in [5.74, 6) is -1.37. The van der Waals surface area contributed by atoms with Gasteiger partial charge in [0, 0.05) is 5.56 Å². The van der Waals surface area contributed by atoms with E-state index in [1.165, 1.54) is 30.3 Å². The molecule has 0 saturated heterocycles. The van der Waals surface area contributed by atoms with E-state index in [1.807, 2.05) is 6.07 Å². The Morgan fingerprint density at radius 1 is 1.33 bits per heavy atom. The standard InChI is InChI=1S/C15H9ClFNO3/c16-14-4-3-12(6-13(14)15(19)20)21-8-9-1-2-11(17)5-10(9)7-18/h1-6H,8H2,(H,19,20). The van der Waals surface area contributed by atoms with Gasteiger partial charge in [0.05, 0.1) is 22.2 Å². The predicted molar refractivity (Wildman–Crippen MR) is 73.9 cm³/mol. The van der Waals surface area contributed by atoms with Crippen LogP contribution in [0.2, 0.25) is 5.02 Å². The number of nitriles is 1. The molecule has 0 bridgehead atoms. The first-order valence-corrected chi connectivity index (χ1v) is 6.23. The Morgan fingerprint density at radius 3 is 2.76 bits per heavy atom. The Morgan fingerprint density at radius 2 is 2.10 bits per heavy atom. The quantitative estimate of drug-likeness (QED) is 0.936. The first kappa shape index (κ1) is 14.8. The largest absolute Gasteiger partial charge is 0.489 e. The predicted octanol–water partition coefficient (Wildman–Crippen LogP) is 3.63. The van der Waals surface area contributed by atoms with Gasteiger partial charge in [-0.05, 0) is 30.3 Å². The summed E-state index contributed by atoms with van der Waals surface area (Å²) in [5.41, 5.74) is 0.599. The molecule has 2 rings (SSSR count). The second kappa shape index (κ2) is 6.25. The molecule has 0 radical (unpaired) electrons. The lowest BCUT2D eigenvalue weighted by Crippen LogP contribution is -2.01. The van der Waals surface area contributed by atoms with Gasteiger partial charge in [-0.1, -0.05) is 17.7 Å². The molecule has 0 saturated carbocycles. The number of hydrogen-bond acceptors (Lipinski definition) is 3. The molecule has 106 valence electrons. The van der Waals surface area contributed by atoms with Crippen LogP contribution in [0.5, 0.6) is 5.75 Å². The highest BCUT2D eigenvalue weighted by atomic mass is 35.5. The summed E-state index contributed by atoms with van der Waals surface area (Å²) < 4.78 is 18.4. The van der Waals surface area contributed by atoms with Gasteiger partial charge in [0.25, 0.3) is 0 Å². The minimum absolute atomic E-state index is 0.0177. The van der Waals surface area contributed by atoms with Gasteiger partial charge in [-0.2, -0.15) is 5.26 Å². The van der Waals surface area contributed by atoms with Crippen LogP contribution in [0.15, 0.2) is 36.4 Å². The molecule has 4 nitrogen and oxygen atoms in total. The maximum Gasteiger partial charge on any atom is 0.337 e. The number of nitrogens with zero attached hydrogens (tertiary/aromatic N) is 1. The highest BCUT2D eigenvalue weighted by molar-refractivity contribution is 6.33. The topological polar surface area (TPSA) is 70.3 Å². The van der Waals surface area contributed by atoms with Crippen LogP contribution in [0.4, 0.5) is 4.39 Å². The molecule has 21 heavy (non-hydrogen) atoms. The molecular formula is C15H9ClFNO3. The maximum atomic E-state index is 13.0. The van der Waals surface area contributed by atoms with E-state index < -0.39 is 11.8 Å². The minimum atomic E-state index is -1.16. The van der Waals surface area contributed by atoms with Crippen LogP contribution in [-0.2, 0) is 6.61 Å². The van der Waals surface area contributed by atoms with Crippen molar-refractivity contribution in [3.05, 3.63) is 63.9 Å². The number of ether oxygens (including phenoxy) is 1. The van der Waals surface area contributed by atoms with E-state index in [4.69, 9.17) is 26.7 Å². The van der Waals surface area contributed by atoms with E-state index in [0.29, 0.717) is 11.3 Å². The van der Waals surface area contributed by atoms with Crippen LogP contribution in [0, 0.1) is 17.1 Å². The van der Waals surface area contributed by atoms with Crippen molar-refractivity contribution in [2.45, 2.75) is 6.61 Å². The molecule has 0 spiro atoms. The lowest BCUT2D eigenvalue weighted by Gasteiger charge is -2.09. The van der Waals surface area contributed by atoms with Crippen molar-refractivity contribution in [3.63, 3.8) is 0 Å². The molecule has 0 unspecified atom stereocenters. The first-order chi connectivity index (χ1) is 10.0. The lowest BCUT2D eigenvalue weighted by atomic mass is 10.1. The highest BCUT2D eigenvalue weighted by Gasteiger charge is 2.11. The van der Waals surface area contributed by atoms with Gasteiger partial charge < -0.3 is 9.84 Å². The van der Waals surface area contributed by atoms with E-state index in [1.54, 1.807) is 0 Å². The fraction of sp³-hybridized carbons (Fsp3) is 0.0667. The van der Waals surface area contributed by atoms with Gasteiger partial charge in [0.2, 0.25) is 0 Å². The molecule has 0 aromatic heterocycles. The molecule has 6 heteroatoms. The van der Waals surface area contributed by atoms with E-state index in [9.17, 15) is 9.18 Å². The summed E-state index contributed by atoms with van der Waals surface area (Å²) in [6.45, 7) is 0.0177. The zero-order chi connectivity index (χ0) is 15.4. The number of aromatic carboxylic acids is 1. The van der Waals surface area contributed by atoms with E-state index in [-0.39, 0.29) is 22.8 Å². The van der Waals surface area contributed by atoms with Gasteiger partial charge in [-0.3, -0.25) is 0 Å². The molecule has 1 N–H and O–H groups in total. The maximum absolute atomic E-state index is 13.0. The summed E-state index contributed by atoms with van der Waals surface area (Å²) in [5, 5.41) is 18.0. The molecule has 0 amide bonds. The minimum Gasteiger partial charge on any atom is -0.489 e. The Hall–Kier alpha value is -2.58. The zero-order valence-electron chi connectivity index (χ0n) is 10.6. The van der Waals surface area contributed by atoms with Crippen molar-refractivity contribution in [2.75, 3.05) is 0 Å². The Labute approximate surface area is 125 Å². The average molecular weight is 306 g/mol. The van der Waals surface area contributed by atoms with Crippen LogP contribution in [0.1, 0.15) is 21.5 Å². The normalized spacial score (nSPS) is 9.95. The highest BCUT2D eigenvalue weighted by Crippen LogP contribution is 2.23. The van der Waals surface area contributed by atoms with Crippen molar-refractivity contribution in [1.29, 1.82) is 5.26 Å². The smallest absolute Gasteiger partial charge is 0.337 e. The number of carboxylic acids is 1. The van der Waals surface area contributed by atoms with Gasteiger partial charge in [0.15, 0.2) is 0 Å². The van der Waals surface area contributed by atoms with Crippen molar-refractivity contribution in [3.8, 4) is 11.8 Å². The third kappa shape index (κ3) is 3.50.